The Morgan fingerprint density at radius 2 is 1.78 bits per heavy atom. The molecule has 1 aliphatic rings. The quantitative estimate of drug-likeness (QED) is 0.608. The SMILES string of the molecule is Cc1ccnc(C(=O)O)c1N1CCN(c2cccc(CO[Si](C)(C)C(C)(C)C)c2F)CC1. The largest absolute Gasteiger partial charge is 0.476 e. The van der Waals surface area contributed by atoms with Crippen molar-refractivity contribution < 1.29 is 18.7 Å². The van der Waals surface area contributed by atoms with E-state index in [1.165, 1.54) is 6.20 Å². The summed E-state index contributed by atoms with van der Waals surface area (Å²) in [6.07, 6.45) is 1.52. The van der Waals surface area contributed by atoms with Crippen molar-refractivity contribution in [2.45, 2.75) is 52.4 Å². The number of piperazine rings is 1. The van der Waals surface area contributed by atoms with E-state index in [-0.39, 0.29) is 23.2 Å². The molecule has 0 unspecified atom stereocenters. The lowest BCUT2D eigenvalue weighted by molar-refractivity contribution is 0.0691. The van der Waals surface area contributed by atoms with Crippen LogP contribution in [0.15, 0.2) is 30.5 Å². The maximum Gasteiger partial charge on any atom is 0.356 e. The number of aryl methyl sites for hydroxylation is 1. The Balaban J connectivity index is 1.73. The summed E-state index contributed by atoms with van der Waals surface area (Å²) in [5.74, 6) is -1.27. The minimum atomic E-state index is -1.98. The first-order chi connectivity index (χ1) is 14.9. The molecule has 2 aromatic rings. The lowest BCUT2D eigenvalue weighted by Crippen LogP contribution is -2.47. The summed E-state index contributed by atoms with van der Waals surface area (Å²) in [6, 6.07) is 7.29. The maximum atomic E-state index is 15.4. The number of aromatic nitrogens is 1. The Morgan fingerprint density at radius 1 is 1.16 bits per heavy atom. The van der Waals surface area contributed by atoms with Crippen molar-refractivity contribution in [1.82, 2.24) is 4.98 Å². The van der Waals surface area contributed by atoms with E-state index in [1.54, 1.807) is 12.1 Å². The van der Waals surface area contributed by atoms with Crippen LogP contribution >= 0.6 is 0 Å². The molecule has 32 heavy (non-hydrogen) atoms. The van der Waals surface area contributed by atoms with Crippen LogP contribution in [0.5, 0.6) is 0 Å². The first-order valence-electron chi connectivity index (χ1n) is 11.0. The molecule has 174 valence electrons. The fourth-order valence-corrected chi connectivity index (χ4v) is 4.62. The number of aromatic carboxylic acids is 1. The molecule has 1 aromatic heterocycles. The van der Waals surface area contributed by atoms with Crippen LogP contribution in [0.1, 0.15) is 42.4 Å². The van der Waals surface area contributed by atoms with Crippen molar-refractivity contribution in [2.24, 2.45) is 0 Å². The van der Waals surface area contributed by atoms with Gasteiger partial charge in [0.05, 0.1) is 18.0 Å². The van der Waals surface area contributed by atoms with Gasteiger partial charge in [0, 0.05) is 37.9 Å². The van der Waals surface area contributed by atoms with Crippen LogP contribution in [0.3, 0.4) is 0 Å². The lowest BCUT2D eigenvalue weighted by atomic mass is 10.1. The highest BCUT2D eigenvalue weighted by atomic mass is 28.4. The Kier molecular flexibility index (Phi) is 6.95. The molecule has 0 saturated carbocycles. The number of carboxylic acids is 1. The molecule has 0 bridgehead atoms. The smallest absolute Gasteiger partial charge is 0.356 e. The Bertz CT molecular complexity index is 983. The third-order valence-corrected chi connectivity index (χ3v) is 11.2. The first-order valence-corrected chi connectivity index (χ1v) is 13.9. The van der Waals surface area contributed by atoms with E-state index in [0.717, 1.165) is 5.56 Å². The number of nitrogens with zero attached hydrogens (tertiary/aromatic N) is 3. The zero-order valence-corrected chi connectivity index (χ0v) is 20.9. The van der Waals surface area contributed by atoms with Gasteiger partial charge in [-0.25, -0.2) is 14.2 Å². The van der Waals surface area contributed by atoms with E-state index >= 15 is 4.39 Å². The Hall–Kier alpha value is -2.45. The highest BCUT2D eigenvalue weighted by Crippen LogP contribution is 2.37. The summed E-state index contributed by atoms with van der Waals surface area (Å²) in [7, 11) is -1.98. The maximum absolute atomic E-state index is 15.4. The highest BCUT2D eigenvalue weighted by molar-refractivity contribution is 6.74. The molecule has 0 spiro atoms. The molecule has 0 radical (unpaired) electrons. The lowest BCUT2D eigenvalue weighted by Gasteiger charge is -2.38. The van der Waals surface area contributed by atoms with Gasteiger partial charge in [0.25, 0.3) is 0 Å². The average Bonchev–Trinajstić information content (AvgIpc) is 2.72. The second-order valence-electron chi connectivity index (χ2n) is 9.90. The zero-order valence-electron chi connectivity index (χ0n) is 19.9. The van der Waals surface area contributed by atoms with E-state index in [2.05, 4.69) is 38.8 Å². The van der Waals surface area contributed by atoms with Crippen LogP contribution in [0.2, 0.25) is 18.1 Å². The molecule has 1 saturated heterocycles. The molecule has 1 fully saturated rings. The molecule has 3 rings (SSSR count). The van der Waals surface area contributed by atoms with Crippen LogP contribution in [0.25, 0.3) is 0 Å². The summed E-state index contributed by atoms with van der Waals surface area (Å²) in [5, 5.41) is 9.58. The normalized spacial score (nSPS) is 15.2. The van der Waals surface area contributed by atoms with Crippen LogP contribution in [-0.2, 0) is 11.0 Å². The van der Waals surface area contributed by atoms with E-state index in [1.807, 2.05) is 28.9 Å². The molecular formula is C24H34FN3O3Si. The fourth-order valence-electron chi connectivity index (χ4n) is 3.67. The predicted octanol–water partition coefficient (Wildman–Crippen LogP) is 5.08. The number of carboxylic acid groups (broad SMARTS) is 1. The van der Waals surface area contributed by atoms with Crippen molar-refractivity contribution in [2.75, 3.05) is 36.0 Å². The summed E-state index contributed by atoms with van der Waals surface area (Å²) >= 11 is 0. The average molecular weight is 460 g/mol. The second kappa shape index (κ2) is 9.19. The molecular weight excluding hydrogens is 425 g/mol. The third kappa shape index (κ3) is 4.96. The number of pyridine rings is 1. The minimum Gasteiger partial charge on any atom is -0.476 e. The second-order valence-corrected chi connectivity index (χ2v) is 14.7. The number of carbonyl (C=O) groups is 1. The molecule has 0 atom stereocenters. The number of hydrogen-bond donors (Lipinski definition) is 1. The fraction of sp³-hybridized carbons (Fsp3) is 0.500. The molecule has 0 aliphatic carbocycles. The van der Waals surface area contributed by atoms with Gasteiger partial charge < -0.3 is 19.3 Å². The van der Waals surface area contributed by atoms with Gasteiger partial charge in [0.15, 0.2) is 19.8 Å². The van der Waals surface area contributed by atoms with E-state index < -0.39 is 14.3 Å². The number of halogens is 1. The third-order valence-electron chi connectivity index (χ3n) is 6.72. The Morgan fingerprint density at radius 3 is 2.38 bits per heavy atom. The predicted molar refractivity (Wildman–Crippen MR) is 129 cm³/mol. The van der Waals surface area contributed by atoms with Crippen LogP contribution in [0.4, 0.5) is 15.8 Å². The van der Waals surface area contributed by atoms with Gasteiger partial charge in [-0.2, -0.15) is 0 Å². The van der Waals surface area contributed by atoms with Crippen LogP contribution in [-0.4, -0.2) is 50.6 Å². The van der Waals surface area contributed by atoms with Crippen molar-refractivity contribution >= 4 is 25.7 Å². The number of anilines is 2. The number of rotatable bonds is 6. The van der Waals surface area contributed by atoms with Crippen LogP contribution in [0, 0.1) is 12.7 Å². The molecule has 8 heteroatoms. The highest BCUT2D eigenvalue weighted by Gasteiger charge is 2.37. The van der Waals surface area contributed by atoms with Crippen LogP contribution < -0.4 is 9.80 Å². The van der Waals surface area contributed by atoms with Gasteiger partial charge in [0.2, 0.25) is 0 Å². The first kappa shape index (κ1) is 24.2. The monoisotopic (exact) mass is 459 g/mol. The molecule has 1 N–H and O–H groups in total. The van der Waals surface area contributed by atoms with Gasteiger partial charge in [-0.3, -0.25) is 0 Å². The standard InChI is InChI=1S/C24H34FN3O3Si/c1-17-10-11-26-21(23(29)30)22(17)28-14-12-27(13-15-28)19-9-7-8-18(20(19)25)16-31-32(5,6)24(2,3)4/h7-11H,12-16H2,1-6H3,(H,29,30). The molecule has 2 heterocycles. The summed E-state index contributed by atoms with van der Waals surface area (Å²) < 4.78 is 21.6. The molecule has 6 nitrogen and oxygen atoms in total. The van der Waals surface area contributed by atoms with E-state index in [0.29, 0.717) is 43.1 Å². The molecule has 1 aromatic carbocycles. The topological polar surface area (TPSA) is 65.9 Å². The summed E-state index contributed by atoms with van der Waals surface area (Å²) in [6.45, 7) is 15.4. The summed E-state index contributed by atoms with van der Waals surface area (Å²) in [4.78, 5) is 19.7. The van der Waals surface area contributed by atoms with Crippen molar-refractivity contribution in [3.05, 3.63) is 53.1 Å². The van der Waals surface area contributed by atoms with Gasteiger partial charge in [-0.15, -0.1) is 0 Å². The van der Waals surface area contributed by atoms with Gasteiger partial charge in [0.1, 0.15) is 0 Å². The minimum absolute atomic E-state index is 0.0643. The van der Waals surface area contributed by atoms with Gasteiger partial charge in [-0.1, -0.05) is 32.9 Å². The van der Waals surface area contributed by atoms with Crippen molar-refractivity contribution in [3.8, 4) is 0 Å². The van der Waals surface area contributed by atoms with Crippen molar-refractivity contribution in [1.29, 1.82) is 0 Å². The van der Waals surface area contributed by atoms with Gasteiger partial charge in [-0.05, 0) is 42.8 Å². The molecule has 1 aliphatic heterocycles. The molecule has 0 amide bonds. The van der Waals surface area contributed by atoms with Crippen molar-refractivity contribution in [3.63, 3.8) is 0 Å². The van der Waals surface area contributed by atoms with Gasteiger partial charge >= 0.3 is 5.97 Å². The number of benzene rings is 1. The number of hydrogen-bond acceptors (Lipinski definition) is 5. The van der Waals surface area contributed by atoms with E-state index in [9.17, 15) is 9.90 Å². The zero-order chi connectivity index (χ0) is 23.7. The Labute approximate surface area is 191 Å². The van der Waals surface area contributed by atoms with E-state index in [4.69, 9.17) is 4.43 Å². The summed E-state index contributed by atoms with van der Waals surface area (Å²) in [5.41, 5.74) is 2.74.